The van der Waals surface area contributed by atoms with Gasteiger partial charge in [-0.2, -0.15) is 0 Å². The van der Waals surface area contributed by atoms with Gasteiger partial charge in [0.1, 0.15) is 17.9 Å². The summed E-state index contributed by atoms with van der Waals surface area (Å²) in [6.45, 7) is 1.62. The van der Waals surface area contributed by atoms with Crippen molar-refractivity contribution in [2.24, 2.45) is 5.92 Å². The number of benzene rings is 1. The quantitative estimate of drug-likeness (QED) is 0.909. The molecule has 3 rings (SSSR count). The molecule has 106 valence electrons. The molecule has 1 aliphatic heterocycles. The minimum Gasteiger partial charge on any atom is -0.340 e. The first-order valence-corrected chi connectivity index (χ1v) is 6.87. The molecule has 0 spiro atoms. The van der Waals surface area contributed by atoms with E-state index in [2.05, 4.69) is 5.32 Å². The summed E-state index contributed by atoms with van der Waals surface area (Å²) in [5, 5.41) is 2.98. The molecule has 1 saturated heterocycles. The summed E-state index contributed by atoms with van der Waals surface area (Å²) in [5.74, 6) is -0.814. The average molecular weight is 297 g/mol. The molecule has 1 unspecified atom stereocenters. The van der Waals surface area contributed by atoms with Crippen LogP contribution in [0.25, 0.3) is 0 Å². The second-order valence-corrected chi connectivity index (χ2v) is 5.98. The molecule has 1 aromatic carbocycles. The zero-order valence-electron chi connectivity index (χ0n) is 11.0. The zero-order chi connectivity index (χ0) is 14.5. The predicted octanol–water partition coefficient (Wildman–Crippen LogP) is 2.11. The van der Waals surface area contributed by atoms with Crippen LogP contribution in [0, 0.1) is 11.7 Å². The van der Waals surface area contributed by atoms with E-state index in [0.717, 1.165) is 12.8 Å². The van der Waals surface area contributed by atoms with Crippen LogP contribution in [0.1, 0.15) is 19.8 Å². The van der Waals surface area contributed by atoms with E-state index >= 15 is 0 Å². The minimum atomic E-state index is -0.895. The Morgan fingerprint density at radius 1 is 1.35 bits per heavy atom. The van der Waals surface area contributed by atoms with E-state index in [4.69, 9.17) is 11.6 Å². The van der Waals surface area contributed by atoms with Crippen molar-refractivity contribution in [3.05, 3.63) is 29.0 Å². The van der Waals surface area contributed by atoms with Crippen LogP contribution >= 0.6 is 11.6 Å². The molecule has 2 fully saturated rings. The molecule has 1 atom stereocenters. The van der Waals surface area contributed by atoms with Gasteiger partial charge in [0, 0.05) is 10.7 Å². The maximum Gasteiger partial charge on any atom is 0.253 e. The van der Waals surface area contributed by atoms with Crippen LogP contribution in [0.4, 0.5) is 10.1 Å². The van der Waals surface area contributed by atoms with Crippen molar-refractivity contribution in [3.63, 3.8) is 0 Å². The molecule has 2 amide bonds. The molecule has 0 bridgehead atoms. The molecule has 0 radical (unpaired) electrons. The molecule has 20 heavy (non-hydrogen) atoms. The molecule has 2 aliphatic rings. The Bertz CT molecular complexity index is 583. The standard InChI is InChI=1S/C14H14ClFN2O2/c1-14(8-2-3-8)13(20)18(7-12(19)17-14)11-5-9(15)4-10(16)6-11/h4-6,8H,2-3,7H2,1H3,(H,17,19). The third-order valence-corrected chi connectivity index (χ3v) is 4.16. The van der Waals surface area contributed by atoms with E-state index in [1.165, 1.54) is 23.1 Å². The molecule has 1 aromatic rings. The van der Waals surface area contributed by atoms with Gasteiger partial charge in [0.25, 0.3) is 5.91 Å². The molecular formula is C14H14ClFN2O2. The summed E-state index contributed by atoms with van der Waals surface area (Å²) in [4.78, 5) is 25.8. The normalized spacial score (nSPS) is 26.6. The number of hydrogen-bond acceptors (Lipinski definition) is 2. The summed E-state index contributed by atoms with van der Waals surface area (Å²) in [7, 11) is 0. The second-order valence-electron chi connectivity index (χ2n) is 5.54. The molecule has 1 aliphatic carbocycles. The van der Waals surface area contributed by atoms with E-state index in [9.17, 15) is 14.0 Å². The second kappa shape index (κ2) is 4.45. The van der Waals surface area contributed by atoms with E-state index in [0.29, 0.717) is 5.69 Å². The minimum absolute atomic E-state index is 0.110. The molecule has 1 saturated carbocycles. The average Bonchev–Trinajstić information content (AvgIpc) is 3.16. The van der Waals surface area contributed by atoms with Gasteiger partial charge in [-0.05, 0) is 43.9 Å². The highest BCUT2D eigenvalue weighted by Gasteiger charge is 2.52. The van der Waals surface area contributed by atoms with Crippen molar-refractivity contribution in [2.75, 3.05) is 11.4 Å². The third-order valence-electron chi connectivity index (χ3n) is 3.94. The van der Waals surface area contributed by atoms with Crippen molar-refractivity contribution >= 4 is 29.1 Å². The van der Waals surface area contributed by atoms with Crippen LogP contribution < -0.4 is 10.2 Å². The van der Waals surface area contributed by atoms with Gasteiger partial charge in [-0.15, -0.1) is 0 Å². The number of piperazine rings is 1. The van der Waals surface area contributed by atoms with E-state index in [1.54, 1.807) is 6.92 Å². The maximum atomic E-state index is 13.4. The number of rotatable bonds is 2. The van der Waals surface area contributed by atoms with E-state index in [1.807, 2.05) is 0 Å². The van der Waals surface area contributed by atoms with Crippen LogP contribution in [0.3, 0.4) is 0 Å². The van der Waals surface area contributed by atoms with Crippen molar-refractivity contribution in [2.45, 2.75) is 25.3 Å². The lowest BCUT2D eigenvalue weighted by Gasteiger charge is -2.40. The monoisotopic (exact) mass is 296 g/mol. The number of carbonyl (C=O) groups is 2. The number of anilines is 1. The van der Waals surface area contributed by atoms with Gasteiger partial charge in [-0.25, -0.2) is 4.39 Å². The van der Waals surface area contributed by atoms with Crippen LogP contribution in [0.5, 0.6) is 0 Å². The van der Waals surface area contributed by atoms with Crippen LogP contribution in [0.15, 0.2) is 18.2 Å². The van der Waals surface area contributed by atoms with Gasteiger partial charge < -0.3 is 10.2 Å². The van der Waals surface area contributed by atoms with Crippen molar-refractivity contribution in [3.8, 4) is 0 Å². The van der Waals surface area contributed by atoms with Gasteiger partial charge in [0.15, 0.2) is 0 Å². The molecule has 1 N–H and O–H groups in total. The lowest BCUT2D eigenvalue weighted by Crippen LogP contribution is -2.66. The van der Waals surface area contributed by atoms with Gasteiger partial charge in [-0.3, -0.25) is 9.59 Å². The zero-order valence-corrected chi connectivity index (χ0v) is 11.7. The topological polar surface area (TPSA) is 49.4 Å². The molecule has 4 nitrogen and oxygen atoms in total. The first kappa shape index (κ1) is 13.4. The number of nitrogens with zero attached hydrogens (tertiary/aromatic N) is 1. The van der Waals surface area contributed by atoms with Crippen molar-refractivity contribution in [1.29, 1.82) is 0 Å². The third kappa shape index (κ3) is 2.16. The smallest absolute Gasteiger partial charge is 0.253 e. The SMILES string of the molecule is CC1(C2CC2)NC(=O)CN(c2cc(F)cc(Cl)c2)C1=O. The number of amides is 2. The van der Waals surface area contributed by atoms with E-state index < -0.39 is 11.4 Å². The van der Waals surface area contributed by atoms with Gasteiger partial charge in [0.2, 0.25) is 5.91 Å². The summed E-state index contributed by atoms with van der Waals surface area (Å²) in [5.41, 5.74) is -0.574. The van der Waals surface area contributed by atoms with Crippen molar-refractivity contribution in [1.82, 2.24) is 5.32 Å². The van der Waals surface area contributed by atoms with E-state index in [-0.39, 0.29) is 29.3 Å². The predicted molar refractivity (Wildman–Crippen MR) is 73.0 cm³/mol. The van der Waals surface area contributed by atoms with Crippen LogP contribution in [-0.4, -0.2) is 23.9 Å². The van der Waals surface area contributed by atoms with Gasteiger partial charge in [-0.1, -0.05) is 11.6 Å². The lowest BCUT2D eigenvalue weighted by atomic mass is 9.91. The Labute approximate surface area is 120 Å². The first-order chi connectivity index (χ1) is 9.40. The summed E-state index contributed by atoms with van der Waals surface area (Å²) in [6, 6.07) is 3.88. The highest BCUT2D eigenvalue weighted by molar-refractivity contribution is 6.31. The fourth-order valence-corrected chi connectivity index (χ4v) is 2.94. The van der Waals surface area contributed by atoms with Gasteiger partial charge in [0.05, 0.1) is 0 Å². The van der Waals surface area contributed by atoms with Crippen molar-refractivity contribution < 1.29 is 14.0 Å². The Kier molecular flexibility index (Phi) is 2.97. The Hall–Kier alpha value is -1.62. The van der Waals surface area contributed by atoms with Crippen LogP contribution in [-0.2, 0) is 9.59 Å². The summed E-state index contributed by atoms with van der Waals surface area (Å²) >= 11 is 5.82. The number of nitrogens with one attached hydrogen (secondary N) is 1. The highest BCUT2D eigenvalue weighted by atomic mass is 35.5. The molecule has 6 heteroatoms. The lowest BCUT2D eigenvalue weighted by molar-refractivity contribution is -0.136. The fourth-order valence-electron chi connectivity index (χ4n) is 2.72. The Morgan fingerprint density at radius 2 is 2.05 bits per heavy atom. The summed E-state index contributed by atoms with van der Waals surface area (Å²) < 4.78 is 13.4. The summed E-state index contributed by atoms with van der Waals surface area (Å²) in [6.07, 6.45) is 1.83. The Morgan fingerprint density at radius 3 is 2.65 bits per heavy atom. The van der Waals surface area contributed by atoms with Crippen LogP contribution in [0.2, 0.25) is 5.02 Å². The fraction of sp³-hybridized carbons (Fsp3) is 0.429. The number of carbonyl (C=O) groups excluding carboxylic acids is 2. The number of halogens is 2. The highest BCUT2D eigenvalue weighted by Crippen LogP contribution is 2.42. The molecular weight excluding hydrogens is 283 g/mol. The molecule has 1 heterocycles. The van der Waals surface area contributed by atoms with Gasteiger partial charge >= 0.3 is 0 Å². The Balaban J connectivity index is 1.99. The maximum absolute atomic E-state index is 13.4. The first-order valence-electron chi connectivity index (χ1n) is 6.49. The molecule has 0 aromatic heterocycles. The number of hydrogen-bond donors (Lipinski definition) is 1. The largest absolute Gasteiger partial charge is 0.340 e.